The van der Waals surface area contributed by atoms with Crippen LogP contribution in [0.1, 0.15) is 26.3 Å². The lowest BCUT2D eigenvalue weighted by molar-refractivity contribution is 0.0515. The summed E-state index contributed by atoms with van der Waals surface area (Å²) in [7, 11) is -3.91. The number of ether oxygens (including phenoxy) is 1. The molecule has 0 radical (unpaired) electrons. The molecule has 1 rings (SSSR count). The molecule has 1 amide bonds. The van der Waals surface area contributed by atoms with Gasteiger partial charge in [0.15, 0.2) is 0 Å². The number of carbonyl (C=O) groups excluding carboxylic acids is 1. The maximum atomic E-state index is 11.8. The van der Waals surface area contributed by atoms with Gasteiger partial charge in [-0.1, -0.05) is 0 Å². The van der Waals surface area contributed by atoms with Gasteiger partial charge in [0.25, 0.3) is 10.0 Å². The van der Waals surface area contributed by atoms with E-state index in [4.69, 9.17) is 10.00 Å². The minimum atomic E-state index is -3.91. The Kier molecular flexibility index (Phi) is 4.70. The van der Waals surface area contributed by atoms with Crippen LogP contribution in [0.4, 0.5) is 4.79 Å². The molecular formula is C12H15N3O4S. The highest BCUT2D eigenvalue weighted by molar-refractivity contribution is 7.89. The Balaban J connectivity index is 2.71. The highest BCUT2D eigenvalue weighted by Gasteiger charge is 2.19. The zero-order chi connectivity index (χ0) is 15.4. The molecule has 0 saturated heterocycles. The van der Waals surface area contributed by atoms with Crippen LogP contribution in [-0.4, -0.2) is 20.1 Å². The zero-order valence-corrected chi connectivity index (χ0v) is 12.1. The Morgan fingerprint density at radius 1 is 1.25 bits per heavy atom. The monoisotopic (exact) mass is 297 g/mol. The van der Waals surface area contributed by atoms with Crippen molar-refractivity contribution < 1.29 is 17.9 Å². The Bertz CT molecular complexity index is 624. The number of nitrogens with zero attached hydrogens (tertiary/aromatic N) is 1. The van der Waals surface area contributed by atoms with E-state index in [0.717, 1.165) is 0 Å². The van der Waals surface area contributed by atoms with E-state index in [1.807, 2.05) is 16.3 Å². The van der Waals surface area contributed by atoms with Gasteiger partial charge in [0.2, 0.25) is 0 Å². The van der Waals surface area contributed by atoms with E-state index < -0.39 is 21.7 Å². The van der Waals surface area contributed by atoms with Crippen LogP contribution in [0.15, 0.2) is 29.2 Å². The summed E-state index contributed by atoms with van der Waals surface area (Å²) in [6, 6.07) is 7.13. The molecule has 0 heterocycles. The number of hydrazine groups is 1. The second-order valence-corrected chi connectivity index (χ2v) is 6.55. The van der Waals surface area contributed by atoms with Crippen molar-refractivity contribution in [2.75, 3.05) is 0 Å². The van der Waals surface area contributed by atoms with Gasteiger partial charge in [0.05, 0.1) is 16.5 Å². The van der Waals surface area contributed by atoms with Gasteiger partial charge in [0.1, 0.15) is 5.60 Å². The van der Waals surface area contributed by atoms with E-state index in [-0.39, 0.29) is 4.90 Å². The highest BCUT2D eigenvalue weighted by atomic mass is 32.2. The van der Waals surface area contributed by atoms with Crippen LogP contribution in [0.3, 0.4) is 0 Å². The number of amides is 1. The number of benzene rings is 1. The van der Waals surface area contributed by atoms with E-state index in [1.165, 1.54) is 24.3 Å². The maximum Gasteiger partial charge on any atom is 0.423 e. The van der Waals surface area contributed by atoms with Crippen LogP contribution < -0.4 is 10.3 Å². The largest absolute Gasteiger partial charge is 0.443 e. The minimum absolute atomic E-state index is 0.0763. The average molecular weight is 297 g/mol. The van der Waals surface area contributed by atoms with Crippen LogP contribution in [0.25, 0.3) is 0 Å². The van der Waals surface area contributed by atoms with Gasteiger partial charge in [-0.15, -0.1) is 4.83 Å². The SMILES string of the molecule is CC(C)(C)OC(=O)NNS(=O)(=O)c1ccc(C#N)cc1. The molecule has 0 bridgehead atoms. The third-order valence-electron chi connectivity index (χ3n) is 1.98. The summed E-state index contributed by atoms with van der Waals surface area (Å²) in [5.41, 5.74) is 1.55. The predicted octanol–water partition coefficient (Wildman–Crippen LogP) is 1.28. The van der Waals surface area contributed by atoms with Crippen molar-refractivity contribution in [1.29, 1.82) is 5.26 Å². The van der Waals surface area contributed by atoms with Crippen molar-refractivity contribution in [2.24, 2.45) is 0 Å². The minimum Gasteiger partial charge on any atom is -0.443 e. The molecule has 108 valence electrons. The quantitative estimate of drug-likeness (QED) is 0.817. The van der Waals surface area contributed by atoms with E-state index in [2.05, 4.69) is 0 Å². The topological polar surface area (TPSA) is 108 Å². The number of hydrogen-bond acceptors (Lipinski definition) is 5. The van der Waals surface area contributed by atoms with Crippen molar-refractivity contribution in [3.8, 4) is 6.07 Å². The van der Waals surface area contributed by atoms with Gasteiger partial charge in [-0.05, 0) is 45.0 Å². The van der Waals surface area contributed by atoms with Gasteiger partial charge < -0.3 is 4.74 Å². The molecule has 2 N–H and O–H groups in total. The second-order valence-electron chi connectivity index (χ2n) is 4.87. The van der Waals surface area contributed by atoms with E-state index >= 15 is 0 Å². The molecule has 0 aliphatic carbocycles. The first kappa shape index (κ1) is 15.9. The molecule has 8 heteroatoms. The third-order valence-corrected chi connectivity index (χ3v) is 3.24. The van der Waals surface area contributed by atoms with Crippen LogP contribution in [0, 0.1) is 11.3 Å². The van der Waals surface area contributed by atoms with E-state index in [0.29, 0.717) is 5.56 Å². The molecule has 1 aromatic carbocycles. The molecule has 0 aliphatic heterocycles. The summed E-state index contributed by atoms with van der Waals surface area (Å²) >= 11 is 0. The predicted molar refractivity (Wildman–Crippen MR) is 70.8 cm³/mol. The fourth-order valence-corrected chi connectivity index (χ4v) is 2.01. The van der Waals surface area contributed by atoms with Gasteiger partial charge in [-0.2, -0.15) is 5.26 Å². The molecule has 1 aromatic rings. The molecule has 20 heavy (non-hydrogen) atoms. The first-order valence-electron chi connectivity index (χ1n) is 5.65. The Labute approximate surface area is 117 Å². The van der Waals surface area contributed by atoms with Crippen molar-refractivity contribution in [3.05, 3.63) is 29.8 Å². The summed E-state index contributed by atoms with van der Waals surface area (Å²) < 4.78 is 28.6. The van der Waals surface area contributed by atoms with E-state index in [9.17, 15) is 13.2 Å². The van der Waals surface area contributed by atoms with Crippen molar-refractivity contribution >= 4 is 16.1 Å². The van der Waals surface area contributed by atoms with Gasteiger partial charge >= 0.3 is 6.09 Å². The summed E-state index contributed by atoms with van der Waals surface area (Å²) in [6.07, 6.45) is -0.908. The Morgan fingerprint density at radius 2 is 1.80 bits per heavy atom. The van der Waals surface area contributed by atoms with Gasteiger partial charge in [0, 0.05) is 0 Å². The summed E-state index contributed by atoms with van der Waals surface area (Å²) in [5, 5.41) is 8.63. The van der Waals surface area contributed by atoms with Crippen molar-refractivity contribution in [3.63, 3.8) is 0 Å². The molecular weight excluding hydrogens is 282 g/mol. The number of sulfonamides is 1. The first-order valence-corrected chi connectivity index (χ1v) is 7.13. The molecule has 7 nitrogen and oxygen atoms in total. The molecule has 0 atom stereocenters. The lowest BCUT2D eigenvalue weighted by Crippen LogP contribution is -2.44. The first-order chi connectivity index (χ1) is 9.14. The normalized spacial score (nSPS) is 11.5. The van der Waals surface area contributed by atoms with Crippen LogP contribution in [0.5, 0.6) is 0 Å². The number of rotatable bonds is 3. The Morgan fingerprint density at radius 3 is 2.25 bits per heavy atom. The summed E-state index contributed by atoms with van der Waals surface area (Å²) in [6.45, 7) is 4.96. The molecule has 0 aromatic heterocycles. The summed E-state index contributed by atoms with van der Waals surface area (Å²) in [4.78, 5) is 13.2. The summed E-state index contributed by atoms with van der Waals surface area (Å²) in [5.74, 6) is 0. The number of nitriles is 1. The number of hydrogen-bond donors (Lipinski definition) is 2. The fourth-order valence-electron chi connectivity index (χ4n) is 1.18. The molecule has 0 aliphatic rings. The van der Waals surface area contributed by atoms with Crippen molar-refractivity contribution in [1.82, 2.24) is 10.3 Å². The smallest absolute Gasteiger partial charge is 0.423 e. The van der Waals surface area contributed by atoms with Crippen molar-refractivity contribution in [2.45, 2.75) is 31.3 Å². The molecule has 0 spiro atoms. The maximum absolute atomic E-state index is 11.8. The molecule has 0 unspecified atom stereocenters. The van der Waals surface area contributed by atoms with Gasteiger partial charge in [-0.25, -0.2) is 18.6 Å². The molecule has 0 fully saturated rings. The third kappa shape index (κ3) is 4.87. The number of carbonyl (C=O) groups is 1. The lowest BCUT2D eigenvalue weighted by Gasteiger charge is -2.19. The highest BCUT2D eigenvalue weighted by Crippen LogP contribution is 2.10. The zero-order valence-electron chi connectivity index (χ0n) is 11.3. The van der Waals surface area contributed by atoms with Crippen LogP contribution in [0.2, 0.25) is 0 Å². The standard InChI is InChI=1S/C12H15N3O4S/c1-12(2,3)19-11(16)14-15-20(17,18)10-6-4-9(8-13)5-7-10/h4-7,15H,1-3H3,(H,14,16). The Hall–Kier alpha value is -2.11. The number of nitrogens with one attached hydrogen (secondary N) is 2. The van der Waals surface area contributed by atoms with Gasteiger partial charge in [-0.3, -0.25) is 0 Å². The van der Waals surface area contributed by atoms with Crippen LogP contribution >= 0.6 is 0 Å². The fraction of sp³-hybridized carbons (Fsp3) is 0.333. The average Bonchev–Trinajstić information content (AvgIpc) is 2.35. The van der Waals surface area contributed by atoms with E-state index in [1.54, 1.807) is 20.8 Å². The second kappa shape index (κ2) is 5.90. The van der Waals surface area contributed by atoms with Crippen LogP contribution in [-0.2, 0) is 14.8 Å². The molecule has 0 saturated carbocycles. The lowest BCUT2D eigenvalue weighted by atomic mass is 10.2.